The Kier molecular flexibility index (Phi) is 8.67. The van der Waals surface area contributed by atoms with Crippen LogP contribution in [-0.2, 0) is 9.53 Å². The van der Waals surface area contributed by atoms with Crippen molar-refractivity contribution in [1.82, 2.24) is 0 Å². The van der Waals surface area contributed by atoms with Gasteiger partial charge in [0.2, 0.25) is 0 Å². The molecule has 0 rings (SSSR count). The summed E-state index contributed by atoms with van der Waals surface area (Å²) in [7, 11) is 1.36. The molecule has 0 heterocycles. The minimum Gasteiger partial charge on any atom is -0.469 e. The van der Waals surface area contributed by atoms with Crippen molar-refractivity contribution in [3.8, 4) is 0 Å². The average Bonchev–Trinajstić information content (AvgIpc) is 1.98. The monoisotopic (exact) mass is 286 g/mol. The van der Waals surface area contributed by atoms with Gasteiger partial charge in [-0.15, -0.1) is 24.0 Å². The summed E-state index contributed by atoms with van der Waals surface area (Å²) in [6.07, 6.45) is 0. The third-order valence-corrected chi connectivity index (χ3v) is 1.22. The van der Waals surface area contributed by atoms with E-state index in [1.807, 2.05) is 0 Å². The summed E-state index contributed by atoms with van der Waals surface area (Å²) >= 11 is 0. The molecular formula is C7H15IN2O2. The molecule has 0 aromatic rings. The van der Waals surface area contributed by atoms with E-state index in [-0.39, 0.29) is 35.9 Å². The van der Waals surface area contributed by atoms with Gasteiger partial charge in [-0.25, -0.2) is 0 Å². The number of carbonyl (C=O) groups is 1. The molecular weight excluding hydrogens is 271 g/mol. The van der Waals surface area contributed by atoms with E-state index >= 15 is 0 Å². The molecule has 0 spiro atoms. The highest BCUT2D eigenvalue weighted by molar-refractivity contribution is 14.0. The predicted octanol–water partition coefficient (Wildman–Crippen LogP) is 0.791. The summed E-state index contributed by atoms with van der Waals surface area (Å²) in [6.45, 7) is 3.83. The van der Waals surface area contributed by atoms with E-state index in [1.165, 1.54) is 7.11 Å². The third kappa shape index (κ3) is 6.38. The molecule has 4 nitrogen and oxygen atoms in total. The molecule has 2 N–H and O–H groups in total. The second-order valence-corrected chi connectivity index (χ2v) is 2.41. The van der Waals surface area contributed by atoms with Crippen LogP contribution in [0.15, 0.2) is 4.99 Å². The number of nitrogens with two attached hydrogens (primary N) is 1. The van der Waals surface area contributed by atoms with Crippen LogP contribution in [-0.4, -0.2) is 25.5 Å². The number of rotatable bonds is 3. The zero-order valence-electron chi connectivity index (χ0n) is 7.53. The Morgan fingerprint density at radius 3 is 2.50 bits per heavy atom. The van der Waals surface area contributed by atoms with Crippen LogP contribution in [0, 0.1) is 5.92 Å². The lowest BCUT2D eigenvalue weighted by molar-refractivity contribution is -0.144. The highest BCUT2D eigenvalue weighted by Crippen LogP contribution is 1.97. The summed E-state index contributed by atoms with van der Waals surface area (Å²) in [4.78, 5) is 14.7. The zero-order chi connectivity index (χ0) is 8.85. The first-order valence-electron chi connectivity index (χ1n) is 3.42. The number of halogens is 1. The van der Waals surface area contributed by atoms with Gasteiger partial charge in [0.1, 0.15) is 0 Å². The Morgan fingerprint density at radius 2 is 2.17 bits per heavy atom. The Morgan fingerprint density at radius 1 is 1.67 bits per heavy atom. The second-order valence-electron chi connectivity index (χ2n) is 2.41. The summed E-state index contributed by atoms with van der Waals surface area (Å²) in [5, 5.41) is 0. The summed E-state index contributed by atoms with van der Waals surface area (Å²) in [5.74, 6) is 0.0225. The fraction of sp³-hybridized carbons (Fsp3) is 0.714. The van der Waals surface area contributed by atoms with Crippen LogP contribution in [0.3, 0.4) is 0 Å². The molecule has 0 aromatic carbocycles. The lowest BCUT2D eigenvalue weighted by Crippen LogP contribution is -2.17. The van der Waals surface area contributed by atoms with Gasteiger partial charge in [-0.05, 0) is 6.92 Å². The molecule has 1 unspecified atom stereocenters. The van der Waals surface area contributed by atoms with E-state index in [2.05, 4.69) is 9.73 Å². The standard InChI is InChI=1S/C7H14N2O2.HI/c1-5(7(10)11-3)4-9-6(2)8;/h5H,4H2,1-3H3,(H2,8,9);1H. The third-order valence-electron chi connectivity index (χ3n) is 1.22. The van der Waals surface area contributed by atoms with E-state index in [4.69, 9.17) is 5.73 Å². The number of aliphatic imine (C=N–C) groups is 1. The Balaban J connectivity index is 0. The topological polar surface area (TPSA) is 64.7 Å². The molecule has 0 aliphatic carbocycles. The lowest BCUT2D eigenvalue weighted by atomic mass is 10.2. The van der Waals surface area contributed by atoms with Gasteiger partial charge >= 0.3 is 5.97 Å². The molecule has 0 saturated heterocycles. The molecule has 0 aliphatic rings. The number of nitrogens with zero attached hydrogens (tertiary/aromatic N) is 1. The number of hydrogen-bond acceptors (Lipinski definition) is 3. The Bertz CT molecular complexity index is 167. The van der Waals surface area contributed by atoms with Gasteiger partial charge in [-0.1, -0.05) is 6.92 Å². The van der Waals surface area contributed by atoms with E-state index in [0.717, 1.165) is 0 Å². The number of hydrogen-bond donors (Lipinski definition) is 1. The fourth-order valence-corrected chi connectivity index (χ4v) is 0.557. The van der Waals surface area contributed by atoms with Crippen LogP contribution >= 0.6 is 24.0 Å². The quantitative estimate of drug-likeness (QED) is 0.361. The largest absolute Gasteiger partial charge is 0.469 e. The lowest BCUT2D eigenvalue weighted by Gasteiger charge is -2.04. The maximum Gasteiger partial charge on any atom is 0.310 e. The maximum atomic E-state index is 10.8. The van der Waals surface area contributed by atoms with Crippen molar-refractivity contribution in [3.05, 3.63) is 0 Å². The van der Waals surface area contributed by atoms with E-state index in [1.54, 1.807) is 13.8 Å². The smallest absolute Gasteiger partial charge is 0.310 e. The van der Waals surface area contributed by atoms with E-state index < -0.39 is 0 Å². The second kappa shape index (κ2) is 7.33. The first-order chi connectivity index (χ1) is 5.07. The van der Waals surface area contributed by atoms with Crippen LogP contribution in [0.5, 0.6) is 0 Å². The number of methoxy groups -OCH3 is 1. The molecule has 5 heteroatoms. The van der Waals surface area contributed by atoms with Crippen LogP contribution < -0.4 is 5.73 Å². The van der Waals surface area contributed by atoms with Gasteiger partial charge < -0.3 is 10.5 Å². The molecule has 0 amide bonds. The van der Waals surface area contributed by atoms with Gasteiger partial charge in [0.15, 0.2) is 0 Å². The van der Waals surface area contributed by atoms with Crippen molar-refractivity contribution in [3.63, 3.8) is 0 Å². The molecule has 0 bridgehead atoms. The van der Waals surface area contributed by atoms with Gasteiger partial charge in [-0.3, -0.25) is 9.79 Å². The Labute approximate surface area is 89.6 Å². The summed E-state index contributed by atoms with van der Waals surface area (Å²) in [6, 6.07) is 0. The molecule has 72 valence electrons. The first kappa shape index (κ1) is 14.2. The highest BCUT2D eigenvalue weighted by Gasteiger charge is 2.11. The summed E-state index contributed by atoms with van der Waals surface area (Å²) < 4.78 is 4.50. The Hall–Kier alpha value is -0.330. The maximum absolute atomic E-state index is 10.8. The molecule has 1 atom stereocenters. The minimum atomic E-state index is -0.255. The normalized spacial score (nSPS) is 13.1. The molecule has 12 heavy (non-hydrogen) atoms. The molecule has 0 saturated carbocycles. The van der Waals surface area contributed by atoms with Crippen molar-refractivity contribution < 1.29 is 9.53 Å². The molecule has 0 aliphatic heterocycles. The SMILES string of the molecule is COC(=O)C(C)CN=C(C)N.I. The average molecular weight is 286 g/mol. The van der Waals surface area contributed by atoms with Crippen molar-refractivity contribution in [2.45, 2.75) is 13.8 Å². The van der Waals surface area contributed by atoms with Crippen molar-refractivity contribution in [1.29, 1.82) is 0 Å². The number of amidine groups is 1. The summed E-state index contributed by atoms with van der Waals surface area (Å²) in [5.41, 5.74) is 5.28. The van der Waals surface area contributed by atoms with Crippen LogP contribution in [0.2, 0.25) is 0 Å². The fourth-order valence-electron chi connectivity index (χ4n) is 0.557. The zero-order valence-corrected chi connectivity index (χ0v) is 9.86. The highest BCUT2D eigenvalue weighted by atomic mass is 127. The first-order valence-corrected chi connectivity index (χ1v) is 3.42. The molecule has 0 aromatic heterocycles. The van der Waals surface area contributed by atoms with Crippen LogP contribution in [0.25, 0.3) is 0 Å². The molecule has 0 fully saturated rings. The minimum absolute atomic E-state index is 0. The van der Waals surface area contributed by atoms with Crippen molar-refractivity contribution >= 4 is 35.8 Å². The molecule has 0 radical (unpaired) electrons. The van der Waals surface area contributed by atoms with Gasteiger partial charge in [0.05, 0.1) is 25.4 Å². The number of carbonyl (C=O) groups excluding carboxylic acids is 1. The van der Waals surface area contributed by atoms with Crippen molar-refractivity contribution in [2.24, 2.45) is 16.6 Å². The van der Waals surface area contributed by atoms with E-state index in [0.29, 0.717) is 12.4 Å². The predicted molar refractivity (Wildman–Crippen MR) is 58.8 cm³/mol. The van der Waals surface area contributed by atoms with Gasteiger partial charge in [0, 0.05) is 0 Å². The van der Waals surface area contributed by atoms with Crippen LogP contribution in [0.4, 0.5) is 0 Å². The van der Waals surface area contributed by atoms with Gasteiger partial charge in [-0.2, -0.15) is 0 Å². The van der Waals surface area contributed by atoms with Gasteiger partial charge in [0.25, 0.3) is 0 Å². The van der Waals surface area contributed by atoms with Crippen LogP contribution in [0.1, 0.15) is 13.8 Å². The number of ether oxygens (including phenoxy) is 1. The van der Waals surface area contributed by atoms with Crippen molar-refractivity contribution in [2.75, 3.05) is 13.7 Å². The van der Waals surface area contributed by atoms with E-state index in [9.17, 15) is 4.79 Å². The number of esters is 1.